The molecule has 0 bridgehead atoms. The number of rotatable bonds is 6. The maximum Gasteiger partial charge on any atom is 0.414 e. The zero-order chi connectivity index (χ0) is 21.1. The summed E-state index contributed by atoms with van der Waals surface area (Å²) in [5.74, 6) is 0.0715. The summed E-state index contributed by atoms with van der Waals surface area (Å²) in [4.78, 5) is 15.9. The molecule has 6 heteroatoms. The summed E-state index contributed by atoms with van der Waals surface area (Å²) >= 11 is 0. The molecule has 1 amide bonds. The molecule has 0 saturated carbocycles. The van der Waals surface area contributed by atoms with Crippen LogP contribution in [0.4, 0.5) is 20.6 Å². The summed E-state index contributed by atoms with van der Waals surface area (Å²) in [5.41, 5.74) is 3.64. The minimum atomic E-state index is -0.401. The highest BCUT2D eigenvalue weighted by molar-refractivity contribution is 5.90. The molecule has 2 aliphatic rings. The summed E-state index contributed by atoms with van der Waals surface area (Å²) in [6, 6.07) is 13.5. The topological polar surface area (TPSA) is 42.0 Å². The van der Waals surface area contributed by atoms with Crippen molar-refractivity contribution in [1.29, 1.82) is 0 Å². The molecule has 0 aromatic heterocycles. The molecule has 0 aliphatic carbocycles. The van der Waals surface area contributed by atoms with E-state index in [2.05, 4.69) is 38.1 Å². The molecule has 0 radical (unpaired) electrons. The molecular weight excluding hydrogens is 395 g/mol. The first-order valence-corrected chi connectivity index (χ1v) is 10.7. The average Bonchev–Trinajstić information content (AvgIpc) is 3.13. The number of anilines is 2. The number of amides is 1. The number of halogens is 1. The first-order chi connectivity index (χ1) is 14.5. The van der Waals surface area contributed by atoms with E-state index in [9.17, 15) is 9.18 Å². The lowest BCUT2D eigenvalue weighted by Crippen LogP contribution is -2.36. The molecule has 31 heavy (non-hydrogen) atoms. The first-order valence-electron chi connectivity index (χ1n) is 10.7. The highest BCUT2D eigenvalue weighted by Gasteiger charge is 2.33. The Bertz CT molecular complexity index is 881. The van der Waals surface area contributed by atoms with Crippen LogP contribution < -0.4 is 9.80 Å². The zero-order valence-electron chi connectivity index (χ0n) is 17.6. The van der Waals surface area contributed by atoms with Crippen molar-refractivity contribution >= 4 is 17.5 Å². The van der Waals surface area contributed by atoms with Gasteiger partial charge in [-0.1, -0.05) is 44.2 Å². The summed E-state index contributed by atoms with van der Waals surface area (Å²) in [7, 11) is 0. The summed E-state index contributed by atoms with van der Waals surface area (Å²) in [6.45, 7) is 7.27. The largest absolute Gasteiger partial charge is 0.444 e. The van der Waals surface area contributed by atoms with E-state index >= 15 is 0 Å². The number of aryl methyl sites for hydroxylation is 1. The lowest BCUT2D eigenvalue weighted by atomic mass is 9.94. The second kappa shape index (κ2) is 10.1. The van der Waals surface area contributed by atoms with Crippen LogP contribution in [0, 0.1) is 12.7 Å². The summed E-state index contributed by atoms with van der Waals surface area (Å²) in [6.07, 6.45) is 1.14. The van der Waals surface area contributed by atoms with Crippen molar-refractivity contribution in [3.8, 4) is 0 Å². The van der Waals surface area contributed by atoms with Gasteiger partial charge >= 0.3 is 6.09 Å². The molecule has 2 aromatic carbocycles. The van der Waals surface area contributed by atoms with Crippen molar-refractivity contribution in [2.45, 2.75) is 46.1 Å². The zero-order valence-corrected chi connectivity index (χ0v) is 17.6. The number of cyclic esters (lactones) is 1. The third-order valence-electron chi connectivity index (χ3n) is 6.04. The van der Waals surface area contributed by atoms with E-state index in [-0.39, 0.29) is 19.3 Å². The number of hydrogen-bond acceptors (Lipinski definition) is 4. The minimum absolute atomic E-state index is 0. The van der Waals surface area contributed by atoms with Crippen LogP contribution in [0.1, 0.15) is 44.2 Å². The Labute approximate surface area is 184 Å². The van der Waals surface area contributed by atoms with Crippen molar-refractivity contribution in [3.63, 3.8) is 0 Å². The number of hydrogen-bond donors (Lipinski definition) is 0. The number of carbonyl (C=O) groups excluding carboxylic acids is 1. The molecule has 0 spiro atoms. The van der Waals surface area contributed by atoms with Gasteiger partial charge in [-0.05, 0) is 49.4 Å². The number of nitrogens with zero attached hydrogens (tertiary/aromatic N) is 2. The molecule has 2 heterocycles. The molecule has 2 aromatic rings. The van der Waals surface area contributed by atoms with Crippen LogP contribution in [0.3, 0.4) is 0 Å². The molecule has 2 atom stereocenters. The third-order valence-corrected chi connectivity index (χ3v) is 6.04. The van der Waals surface area contributed by atoms with E-state index in [4.69, 9.17) is 9.47 Å². The number of benzene rings is 2. The van der Waals surface area contributed by atoms with Gasteiger partial charge in [0, 0.05) is 13.1 Å². The lowest BCUT2D eigenvalue weighted by molar-refractivity contribution is 0.122. The van der Waals surface area contributed by atoms with Gasteiger partial charge < -0.3 is 14.4 Å². The summed E-state index contributed by atoms with van der Waals surface area (Å²) in [5, 5.41) is 0. The maximum atomic E-state index is 14.7. The molecule has 0 unspecified atom stereocenters. The second-order valence-electron chi connectivity index (χ2n) is 8.24. The van der Waals surface area contributed by atoms with Crippen molar-refractivity contribution in [1.82, 2.24) is 0 Å². The Hall–Kier alpha value is -2.60. The predicted molar refractivity (Wildman–Crippen MR) is 123 cm³/mol. The minimum Gasteiger partial charge on any atom is -0.444 e. The number of ether oxygens (including phenoxy) is 2. The third kappa shape index (κ3) is 5.37. The van der Waals surface area contributed by atoms with Crippen LogP contribution in [0.25, 0.3) is 0 Å². The first kappa shape index (κ1) is 23.1. The molecular formula is C25H33FN2O3. The number of morpholine rings is 1. The molecule has 5 nitrogen and oxygen atoms in total. The predicted octanol–water partition coefficient (Wildman–Crippen LogP) is 5.52. The average molecular weight is 429 g/mol. The van der Waals surface area contributed by atoms with Crippen LogP contribution >= 0.6 is 0 Å². The fourth-order valence-electron chi connectivity index (χ4n) is 4.10. The maximum absolute atomic E-state index is 14.7. The van der Waals surface area contributed by atoms with Crippen LogP contribution in [-0.2, 0) is 9.47 Å². The molecule has 2 fully saturated rings. The van der Waals surface area contributed by atoms with Crippen molar-refractivity contribution < 1.29 is 18.7 Å². The number of carbonyl (C=O) groups is 1. The molecule has 0 N–H and O–H groups in total. The van der Waals surface area contributed by atoms with Crippen molar-refractivity contribution in [3.05, 3.63) is 59.4 Å². The van der Waals surface area contributed by atoms with Gasteiger partial charge in [-0.25, -0.2) is 9.18 Å². The molecule has 168 valence electrons. The van der Waals surface area contributed by atoms with Gasteiger partial charge in [0.25, 0.3) is 0 Å². The molecule has 4 rings (SSSR count). The van der Waals surface area contributed by atoms with Gasteiger partial charge in [-0.2, -0.15) is 0 Å². The van der Waals surface area contributed by atoms with Crippen LogP contribution in [0.2, 0.25) is 0 Å². The van der Waals surface area contributed by atoms with Gasteiger partial charge in [-0.15, -0.1) is 0 Å². The van der Waals surface area contributed by atoms with Gasteiger partial charge in [-0.3, -0.25) is 4.90 Å². The van der Waals surface area contributed by atoms with Gasteiger partial charge in [0.1, 0.15) is 11.9 Å². The normalized spacial score (nSPS) is 19.7. The van der Waals surface area contributed by atoms with Crippen molar-refractivity contribution in [2.24, 2.45) is 0 Å². The Morgan fingerprint density at radius 3 is 2.52 bits per heavy atom. The van der Waals surface area contributed by atoms with E-state index in [0.29, 0.717) is 50.1 Å². The van der Waals surface area contributed by atoms with E-state index in [0.717, 1.165) is 12.8 Å². The second-order valence-corrected chi connectivity index (χ2v) is 8.24. The van der Waals surface area contributed by atoms with Gasteiger partial charge in [0.15, 0.2) is 0 Å². The van der Waals surface area contributed by atoms with E-state index in [1.54, 1.807) is 12.1 Å². The standard InChI is InChI=1S/C24H29FN2O3.CH4/c1-17-3-6-19(7-4-17)18(2)5-9-21-16-27(24(28)30-21)20-8-10-23(22(25)15-20)26-11-13-29-14-12-26;/h3-4,6-8,10,15,18,21H,5,9,11-14,16H2,1-2H3;1H4/t18-,21+;/m1./s1. The quantitative estimate of drug-likeness (QED) is 0.608. The van der Waals surface area contributed by atoms with Crippen LogP contribution in [0.5, 0.6) is 0 Å². The van der Waals surface area contributed by atoms with Gasteiger partial charge in [0.05, 0.1) is 31.1 Å². The van der Waals surface area contributed by atoms with Crippen LogP contribution in [-0.4, -0.2) is 45.0 Å². The van der Waals surface area contributed by atoms with E-state index in [1.165, 1.54) is 22.1 Å². The molecule has 2 saturated heterocycles. The smallest absolute Gasteiger partial charge is 0.414 e. The van der Waals surface area contributed by atoms with E-state index in [1.807, 2.05) is 4.90 Å². The Morgan fingerprint density at radius 1 is 1.13 bits per heavy atom. The van der Waals surface area contributed by atoms with Crippen LogP contribution in [0.15, 0.2) is 42.5 Å². The SMILES string of the molecule is C.Cc1ccc([C@H](C)CC[C@H]2CN(c3ccc(N4CCOCC4)c(F)c3)C(=O)O2)cc1. The monoisotopic (exact) mass is 428 g/mol. The molecule has 2 aliphatic heterocycles. The summed E-state index contributed by atoms with van der Waals surface area (Å²) < 4.78 is 25.6. The Morgan fingerprint density at radius 2 is 1.84 bits per heavy atom. The Balaban J connectivity index is 0.00000272. The highest BCUT2D eigenvalue weighted by Crippen LogP contribution is 2.30. The van der Waals surface area contributed by atoms with E-state index < -0.39 is 6.09 Å². The van der Waals surface area contributed by atoms with Crippen molar-refractivity contribution in [2.75, 3.05) is 42.6 Å². The Kier molecular flexibility index (Phi) is 7.55. The van der Waals surface area contributed by atoms with Gasteiger partial charge in [0.2, 0.25) is 0 Å². The fourth-order valence-corrected chi connectivity index (χ4v) is 4.10. The fraction of sp³-hybridized carbons (Fsp3) is 0.480. The lowest BCUT2D eigenvalue weighted by Gasteiger charge is -2.29. The highest BCUT2D eigenvalue weighted by atomic mass is 19.1.